The third kappa shape index (κ3) is 1.27. The highest BCUT2D eigenvalue weighted by Crippen LogP contribution is 2.31. The molecule has 0 radical (unpaired) electrons. The van der Waals surface area contributed by atoms with E-state index in [0.29, 0.717) is 6.42 Å². The van der Waals surface area contributed by atoms with Crippen molar-refractivity contribution in [1.29, 1.82) is 0 Å². The lowest BCUT2D eigenvalue weighted by Gasteiger charge is -2.16. The second kappa shape index (κ2) is 3.05. The van der Waals surface area contributed by atoms with E-state index < -0.39 is 0 Å². The van der Waals surface area contributed by atoms with E-state index in [1.54, 1.807) is 0 Å². The van der Waals surface area contributed by atoms with Crippen LogP contribution >= 0.6 is 0 Å². The molecule has 1 aromatic rings. The number of ketones is 1. The van der Waals surface area contributed by atoms with E-state index in [0.717, 1.165) is 28.1 Å². The maximum absolute atomic E-state index is 11.8. The van der Waals surface area contributed by atoms with Gasteiger partial charge in [0.25, 0.3) is 0 Å². The molecule has 0 N–H and O–H groups in total. The third-order valence-electron chi connectivity index (χ3n) is 2.59. The zero-order valence-electron chi connectivity index (χ0n) is 8.72. The van der Waals surface area contributed by atoms with Crippen LogP contribution in [0.2, 0.25) is 0 Å². The van der Waals surface area contributed by atoms with Crippen LogP contribution < -0.4 is 0 Å². The molecule has 1 heterocycles. The molecule has 2 rings (SSSR count). The van der Waals surface area contributed by atoms with Crippen LogP contribution in [0.4, 0.5) is 5.69 Å². The molecule has 0 spiro atoms. The molecule has 0 aliphatic carbocycles. The number of carbonyl (C=O) groups is 1. The zero-order valence-corrected chi connectivity index (χ0v) is 8.72. The summed E-state index contributed by atoms with van der Waals surface area (Å²) in [4.78, 5) is 16.2. The fraction of sp³-hybridized carbons (Fsp3) is 0.333. The standard InChI is InChI=1S/C12H13NO/c1-7-4-5-8(2)12-11(7)10(14)6-9(3)13-12/h4-5H,6H2,1-3H3. The molecule has 0 unspecified atom stereocenters. The van der Waals surface area contributed by atoms with Crippen LogP contribution in [0.15, 0.2) is 17.1 Å². The molecular formula is C12H13NO. The van der Waals surface area contributed by atoms with Gasteiger partial charge in [0.05, 0.1) is 5.69 Å². The average molecular weight is 187 g/mol. The molecule has 0 saturated heterocycles. The van der Waals surface area contributed by atoms with Crippen LogP contribution in [0.3, 0.4) is 0 Å². The maximum atomic E-state index is 11.8. The summed E-state index contributed by atoms with van der Waals surface area (Å²) in [5, 5.41) is 0. The van der Waals surface area contributed by atoms with Crippen LogP contribution in [0.1, 0.15) is 34.8 Å². The molecule has 0 fully saturated rings. The van der Waals surface area contributed by atoms with E-state index in [9.17, 15) is 4.79 Å². The minimum absolute atomic E-state index is 0.203. The Balaban J connectivity index is 2.76. The van der Waals surface area contributed by atoms with Gasteiger partial charge in [0.15, 0.2) is 5.78 Å². The van der Waals surface area contributed by atoms with E-state index in [4.69, 9.17) is 0 Å². The topological polar surface area (TPSA) is 29.4 Å². The van der Waals surface area contributed by atoms with Crippen molar-refractivity contribution in [1.82, 2.24) is 0 Å². The molecule has 2 nitrogen and oxygen atoms in total. The Morgan fingerprint density at radius 2 is 1.79 bits per heavy atom. The number of aliphatic imine (C=N–C) groups is 1. The van der Waals surface area contributed by atoms with E-state index in [2.05, 4.69) is 4.99 Å². The predicted octanol–water partition coefficient (Wildman–Crippen LogP) is 2.98. The quantitative estimate of drug-likeness (QED) is 0.614. The van der Waals surface area contributed by atoms with Crippen molar-refractivity contribution in [3.8, 4) is 0 Å². The van der Waals surface area contributed by atoms with Crippen LogP contribution in [0, 0.1) is 13.8 Å². The van der Waals surface area contributed by atoms with Gasteiger partial charge in [0.2, 0.25) is 0 Å². The molecule has 1 aromatic carbocycles. The van der Waals surface area contributed by atoms with Crippen molar-refractivity contribution in [3.63, 3.8) is 0 Å². The number of hydrogen-bond acceptors (Lipinski definition) is 2. The molecule has 0 saturated carbocycles. The fourth-order valence-electron chi connectivity index (χ4n) is 1.84. The molecule has 0 aromatic heterocycles. The number of nitrogens with zero attached hydrogens (tertiary/aromatic N) is 1. The SMILES string of the molecule is CC1=Nc2c(C)ccc(C)c2C(=O)C1. The first-order valence-corrected chi connectivity index (χ1v) is 4.77. The highest BCUT2D eigenvalue weighted by molar-refractivity contribution is 6.16. The Kier molecular flexibility index (Phi) is 1.99. The van der Waals surface area contributed by atoms with Gasteiger partial charge in [-0.05, 0) is 31.9 Å². The molecule has 1 aliphatic heterocycles. The normalized spacial score (nSPS) is 15.1. The maximum Gasteiger partial charge on any atom is 0.170 e. The summed E-state index contributed by atoms with van der Waals surface area (Å²) in [5.41, 5.74) is 4.72. The Morgan fingerprint density at radius 3 is 2.50 bits per heavy atom. The van der Waals surface area contributed by atoms with Crippen LogP contribution in [0.25, 0.3) is 0 Å². The number of hydrogen-bond donors (Lipinski definition) is 0. The smallest absolute Gasteiger partial charge is 0.170 e. The second-order valence-corrected chi connectivity index (χ2v) is 3.87. The summed E-state index contributed by atoms with van der Waals surface area (Å²) in [6.45, 7) is 5.86. The van der Waals surface area contributed by atoms with Crippen molar-refractivity contribution >= 4 is 17.2 Å². The van der Waals surface area contributed by atoms with Gasteiger partial charge in [-0.1, -0.05) is 12.1 Å². The van der Waals surface area contributed by atoms with Gasteiger partial charge in [0.1, 0.15) is 0 Å². The summed E-state index contributed by atoms with van der Waals surface area (Å²) in [6, 6.07) is 4.01. The molecule has 2 heteroatoms. The van der Waals surface area contributed by atoms with Gasteiger partial charge >= 0.3 is 0 Å². The Hall–Kier alpha value is -1.44. The first kappa shape index (κ1) is 9.13. The summed E-state index contributed by atoms with van der Waals surface area (Å²) >= 11 is 0. The molecule has 72 valence electrons. The highest BCUT2D eigenvalue weighted by atomic mass is 16.1. The number of benzene rings is 1. The fourth-order valence-corrected chi connectivity index (χ4v) is 1.84. The van der Waals surface area contributed by atoms with Crippen molar-refractivity contribution in [2.45, 2.75) is 27.2 Å². The van der Waals surface area contributed by atoms with Crippen molar-refractivity contribution in [2.75, 3.05) is 0 Å². The third-order valence-corrected chi connectivity index (χ3v) is 2.59. The monoisotopic (exact) mass is 187 g/mol. The molecular weight excluding hydrogens is 174 g/mol. The molecule has 1 aliphatic rings. The summed E-state index contributed by atoms with van der Waals surface area (Å²) in [6.07, 6.45) is 0.470. The van der Waals surface area contributed by atoms with Crippen LogP contribution in [-0.4, -0.2) is 11.5 Å². The number of aryl methyl sites for hydroxylation is 2. The van der Waals surface area contributed by atoms with Crippen LogP contribution in [-0.2, 0) is 0 Å². The average Bonchev–Trinajstić information content (AvgIpc) is 2.10. The summed E-state index contributed by atoms with van der Waals surface area (Å²) in [7, 11) is 0. The molecule has 14 heavy (non-hydrogen) atoms. The first-order valence-electron chi connectivity index (χ1n) is 4.77. The minimum Gasteiger partial charge on any atom is -0.294 e. The Labute approximate surface area is 83.7 Å². The van der Waals surface area contributed by atoms with E-state index >= 15 is 0 Å². The van der Waals surface area contributed by atoms with Gasteiger partial charge in [-0.25, -0.2) is 0 Å². The molecule has 0 atom stereocenters. The Morgan fingerprint density at radius 1 is 1.14 bits per heavy atom. The van der Waals surface area contributed by atoms with Gasteiger partial charge in [-0.15, -0.1) is 0 Å². The lowest BCUT2D eigenvalue weighted by Crippen LogP contribution is -2.12. The lowest BCUT2D eigenvalue weighted by molar-refractivity contribution is 0.0999. The highest BCUT2D eigenvalue weighted by Gasteiger charge is 2.20. The van der Waals surface area contributed by atoms with Gasteiger partial charge in [-0.3, -0.25) is 9.79 Å². The van der Waals surface area contributed by atoms with Gasteiger partial charge in [0, 0.05) is 17.7 Å². The zero-order chi connectivity index (χ0) is 10.3. The van der Waals surface area contributed by atoms with Crippen LogP contribution in [0.5, 0.6) is 0 Å². The summed E-state index contributed by atoms with van der Waals surface area (Å²) in [5.74, 6) is 0.203. The molecule has 0 amide bonds. The van der Waals surface area contributed by atoms with E-state index in [-0.39, 0.29) is 5.78 Å². The number of rotatable bonds is 0. The van der Waals surface area contributed by atoms with E-state index in [1.807, 2.05) is 32.9 Å². The van der Waals surface area contributed by atoms with Crippen molar-refractivity contribution in [3.05, 3.63) is 28.8 Å². The first-order chi connectivity index (χ1) is 6.59. The van der Waals surface area contributed by atoms with Gasteiger partial charge < -0.3 is 0 Å². The lowest BCUT2D eigenvalue weighted by atomic mass is 9.94. The van der Waals surface area contributed by atoms with Crippen molar-refractivity contribution in [2.24, 2.45) is 4.99 Å². The number of fused-ring (bicyclic) bond motifs is 1. The minimum atomic E-state index is 0.203. The van der Waals surface area contributed by atoms with Gasteiger partial charge in [-0.2, -0.15) is 0 Å². The number of Topliss-reactive ketones (excluding diaryl/α,β-unsaturated/α-hetero) is 1. The summed E-state index contributed by atoms with van der Waals surface area (Å²) < 4.78 is 0. The van der Waals surface area contributed by atoms with Crippen molar-refractivity contribution < 1.29 is 4.79 Å². The second-order valence-electron chi connectivity index (χ2n) is 3.87. The van der Waals surface area contributed by atoms with E-state index in [1.165, 1.54) is 0 Å². The Bertz CT molecular complexity index is 444. The number of carbonyl (C=O) groups excluding carboxylic acids is 1. The largest absolute Gasteiger partial charge is 0.294 e. The molecule has 0 bridgehead atoms. The predicted molar refractivity (Wildman–Crippen MR) is 57.6 cm³/mol.